The van der Waals surface area contributed by atoms with Gasteiger partial charge < -0.3 is 0 Å². The van der Waals surface area contributed by atoms with Gasteiger partial charge in [-0.3, -0.25) is 13.6 Å². The fourth-order valence-corrected chi connectivity index (χ4v) is 1.77. The molecule has 0 aromatic rings. The van der Waals surface area contributed by atoms with Crippen molar-refractivity contribution in [3.05, 3.63) is 0 Å². The Balaban J connectivity index is 3.44. The second-order valence-electron chi connectivity index (χ2n) is 1.01. The van der Waals surface area contributed by atoms with Crippen molar-refractivity contribution in [3.8, 4) is 0 Å². The molecule has 0 fully saturated rings. The van der Waals surface area contributed by atoms with Crippen molar-refractivity contribution in [2.45, 2.75) is 8.73 Å². The Hall–Kier alpha value is 1.47. The fraction of sp³-hybridized carbons (Fsp3) is 1.00. The third kappa shape index (κ3) is 7.58. The maximum Gasteiger partial charge on any atom is 0.325 e. The molecule has 2 unspecified atom stereocenters. The van der Waals surface area contributed by atoms with Gasteiger partial charge in [-0.1, -0.05) is 0 Å². The van der Waals surface area contributed by atoms with Crippen molar-refractivity contribution in [1.82, 2.24) is 0 Å². The molecule has 62 valence electrons. The Kier molecular flexibility index (Phi) is 6.93. The quantitative estimate of drug-likeness (QED) is 0.416. The van der Waals surface area contributed by atoms with Crippen LogP contribution in [-0.4, -0.2) is 8.73 Å². The molecule has 0 N–H and O–H groups in total. The average molecular weight is 398 g/mol. The van der Waals surface area contributed by atoms with Crippen molar-refractivity contribution in [3.63, 3.8) is 0 Å². The lowest BCUT2D eigenvalue weighted by atomic mass is 11.6. The van der Waals surface area contributed by atoms with Crippen molar-refractivity contribution in [2.24, 2.45) is 0 Å². The van der Waals surface area contributed by atoms with Gasteiger partial charge in [0.2, 0.25) is 0 Å². The van der Waals surface area contributed by atoms with Crippen LogP contribution in [0.3, 0.4) is 0 Å². The highest BCUT2D eigenvalue weighted by Gasteiger charge is 2.10. The van der Waals surface area contributed by atoms with Crippen molar-refractivity contribution in [1.29, 1.82) is 0 Å². The third-order valence-electron chi connectivity index (χ3n) is 0.371. The number of hydrogen-bond donors (Lipinski definition) is 0. The highest BCUT2D eigenvalue weighted by Crippen LogP contribution is 2.32. The summed E-state index contributed by atoms with van der Waals surface area (Å²) in [5.74, 6) is 0. The van der Waals surface area contributed by atoms with E-state index in [0.717, 1.165) is 0 Å². The lowest BCUT2D eigenvalue weighted by Gasteiger charge is -2.03. The molecule has 0 aliphatic carbocycles. The highest BCUT2D eigenvalue weighted by atomic mass is 127. The topological polar surface area (TPSA) is 35.5 Å². The second-order valence-corrected chi connectivity index (χ2v) is 3.94. The van der Waals surface area contributed by atoms with Gasteiger partial charge in [-0.2, -0.15) is 0 Å². The van der Waals surface area contributed by atoms with E-state index < -0.39 is 17.0 Å². The summed E-state index contributed by atoms with van der Waals surface area (Å²) in [6.45, 7) is 0. The Labute approximate surface area is 84.1 Å². The van der Waals surface area contributed by atoms with Gasteiger partial charge in [0.1, 0.15) is 0 Å². The number of hydrogen-bond acceptors (Lipinski definition) is 3. The minimum Gasteiger partial charge on any atom is -0.266 e. The number of rotatable bonds is 4. The van der Waals surface area contributed by atoms with Crippen LogP contribution in [0.4, 0.5) is 8.78 Å². The first kappa shape index (κ1) is 11.5. The molecule has 10 heavy (non-hydrogen) atoms. The van der Waals surface area contributed by atoms with E-state index in [0.29, 0.717) is 0 Å². The second kappa shape index (κ2) is 6.04. The van der Waals surface area contributed by atoms with E-state index in [1.54, 1.807) is 0 Å². The normalized spacial score (nSPS) is 20.0. The molecule has 0 aliphatic rings. The van der Waals surface area contributed by atoms with E-state index in [2.05, 4.69) is 9.05 Å². The van der Waals surface area contributed by atoms with Crippen LogP contribution in [0.1, 0.15) is 0 Å². The third-order valence-corrected chi connectivity index (χ3v) is 2.64. The summed E-state index contributed by atoms with van der Waals surface area (Å²) in [6, 6.07) is 0. The predicted molar refractivity (Wildman–Crippen MR) is 49.0 cm³/mol. The molecule has 0 saturated carbocycles. The van der Waals surface area contributed by atoms with Gasteiger partial charge in [-0.15, -0.1) is 0 Å². The van der Waals surface area contributed by atoms with Crippen LogP contribution >= 0.6 is 53.4 Å². The molecule has 0 aromatic heterocycles. The van der Waals surface area contributed by atoms with Crippen LogP contribution in [0.2, 0.25) is 0 Å². The van der Waals surface area contributed by atoms with E-state index in [1.807, 2.05) is 0 Å². The first-order valence-electron chi connectivity index (χ1n) is 1.96. The van der Waals surface area contributed by atoms with Gasteiger partial charge in [0.25, 0.3) is 8.73 Å². The molecule has 0 radical (unpaired) electrons. The molecule has 0 rings (SSSR count). The van der Waals surface area contributed by atoms with E-state index in [1.165, 1.54) is 45.2 Å². The molecule has 2 atom stereocenters. The summed E-state index contributed by atoms with van der Waals surface area (Å²) in [4.78, 5) is 0. The average Bonchev–Trinajstić information content (AvgIpc) is 1.58. The Morgan fingerprint density at radius 3 is 1.70 bits per heavy atom. The minimum absolute atomic E-state index is 1.24. The van der Waals surface area contributed by atoms with E-state index in [9.17, 15) is 13.3 Å². The molecular formula is C2H3F2I2O3P. The van der Waals surface area contributed by atoms with E-state index in [4.69, 9.17) is 0 Å². The Bertz CT molecular complexity index is 109. The molecular weight excluding hydrogens is 395 g/mol. The van der Waals surface area contributed by atoms with E-state index in [-0.39, 0.29) is 0 Å². The maximum absolute atomic E-state index is 11.8. The highest BCUT2D eigenvalue weighted by molar-refractivity contribution is 14.1. The fourth-order valence-electron chi connectivity index (χ4n) is 0.173. The summed E-state index contributed by atoms with van der Waals surface area (Å²) >= 11 is 2.47. The predicted octanol–water partition coefficient (Wildman–Crippen LogP) is 2.79. The molecule has 0 saturated heterocycles. The molecule has 0 aliphatic heterocycles. The molecule has 0 aromatic carbocycles. The maximum atomic E-state index is 11.8. The van der Waals surface area contributed by atoms with E-state index >= 15 is 0 Å². The molecule has 3 nitrogen and oxygen atoms in total. The summed E-state index contributed by atoms with van der Waals surface area (Å²) < 4.78 is 38.4. The van der Waals surface area contributed by atoms with Gasteiger partial charge in [-0.05, 0) is 45.2 Å². The Morgan fingerprint density at radius 1 is 1.20 bits per heavy atom. The van der Waals surface area contributed by atoms with Crippen LogP contribution in [0.15, 0.2) is 0 Å². The van der Waals surface area contributed by atoms with Gasteiger partial charge in [0, 0.05) is 0 Å². The largest absolute Gasteiger partial charge is 0.325 e. The first-order valence-corrected chi connectivity index (χ1v) is 5.67. The van der Waals surface area contributed by atoms with Crippen molar-refractivity contribution in [2.75, 3.05) is 0 Å². The van der Waals surface area contributed by atoms with Crippen LogP contribution in [0.5, 0.6) is 0 Å². The molecule has 8 heteroatoms. The molecule has 0 amide bonds. The standard InChI is InChI=1S/C2H3F2I2O3P/c3-1(5)8-10(7)9-2(4)6/h1-2,10H. The molecule has 0 bridgehead atoms. The van der Waals surface area contributed by atoms with Gasteiger partial charge in [0.15, 0.2) is 0 Å². The SMILES string of the molecule is O=[PH](OC(F)I)OC(F)I. The van der Waals surface area contributed by atoms with Gasteiger partial charge >= 0.3 is 8.25 Å². The van der Waals surface area contributed by atoms with Crippen LogP contribution < -0.4 is 0 Å². The zero-order chi connectivity index (χ0) is 8.15. The lowest BCUT2D eigenvalue weighted by Crippen LogP contribution is -1.93. The zero-order valence-corrected chi connectivity index (χ0v) is 9.71. The zero-order valence-electron chi connectivity index (χ0n) is 4.39. The van der Waals surface area contributed by atoms with Gasteiger partial charge in [0.05, 0.1) is 0 Å². The minimum atomic E-state index is -3.00. The summed E-state index contributed by atoms with van der Waals surface area (Å²) in [6.07, 6.45) is 0. The summed E-state index contributed by atoms with van der Waals surface area (Å²) in [5, 5.41) is 0. The first-order chi connectivity index (χ1) is 4.52. The smallest absolute Gasteiger partial charge is 0.266 e. The number of halogens is 4. The summed E-state index contributed by atoms with van der Waals surface area (Å²) in [5.41, 5.74) is 0. The van der Waals surface area contributed by atoms with Crippen LogP contribution in [0.25, 0.3) is 0 Å². The molecule has 0 spiro atoms. The lowest BCUT2D eigenvalue weighted by molar-refractivity contribution is 0.108. The summed E-state index contributed by atoms with van der Waals surface area (Å²) in [7, 11) is -3.00. The van der Waals surface area contributed by atoms with Crippen molar-refractivity contribution >= 4 is 53.4 Å². The Morgan fingerprint density at radius 2 is 1.50 bits per heavy atom. The van der Waals surface area contributed by atoms with Crippen LogP contribution in [-0.2, 0) is 13.6 Å². The monoisotopic (exact) mass is 398 g/mol. The van der Waals surface area contributed by atoms with Crippen LogP contribution in [0, 0.1) is 0 Å². The number of alkyl halides is 4. The molecule has 0 heterocycles. The van der Waals surface area contributed by atoms with Crippen molar-refractivity contribution < 1.29 is 22.4 Å². The van der Waals surface area contributed by atoms with Gasteiger partial charge in [-0.25, -0.2) is 8.78 Å².